The lowest BCUT2D eigenvalue weighted by Crippen LogP contribution is -2.46. The van der Waals surface area contributed by atoms with Gasteiger partial charge in [-0.15, -0.1) is 0 Å². The Balaban J connectivity index is 1.81. The van der Waals surface area contributed by atoms with Crippen LogP contribution in [0.1, 0.15) is 39.0 Å². The van der Waals surface area contributed by atoms with Gasteiger partial charge in [-0.3, -0.25) is 10.1 Å². The summed E-state index contributed by atoms with van der Waals surface area (Å²) in [5, 5.41) is 15.0. The molecule has 2 fully saturated rings. The number of nitrogens with zero attached hydrogens (tertiary/aromatic N) is 5. The Morgan fingerprint density at radius 3 is 2.54 bits per heavy atom. The smallest absolute Gasteiger partial charge is 0.353 e. The van der Waals surface area contributed by atoms with E-state index in [0.29, 0.717) is 11.6 Å². The van der Waals surface area contributed by atoms with Crippen LogP contribution in [0.4, 0.5) is 17.3 Å². The molecule has 0 radical (unpaired) electrons. The van der Waals surface area contributed by atoms with Gasteiger partial charge in [-0.2, -0.15) is 0 Å². The summed E-state index contributed by atoms with van der Waals surface area (Å²) < 4.78 is 0. The zero-order valence-corrected chi connectivity index (χ0v) is 14.3. The van der Waals surface area contributed by atoms with Gasteiger partial charge in [0.15, 0.2) is 0 Å². The summed E-state index contributed by atoms with van der Waals surface area (Å²) in [7, 11) is 0. The van der Waals surface area contributed by atoms with Crippen molar-refractivity contribution in [3.8, 4) is 0 Å². The molecular formula is C16H26N6O2. The summed E-state index contributed by atoms with van der Waals surface area (Å²) in [6.07, 6.45) is 7.12. The number of nitrogens with one attached hydrogen (secondary N) is 1. The van der Waals surface area contributed by atoms with Crippen LogP contribution in [0.2, 0.25) is 0 Å². The van der Waals surface area contributed by atoms with Gasteiger partial charge in [-0.05, 0) is 19.4 Å². The van der Waals surface area contributed by atoms with Gasteiger partial charge in [0.1, 0.15) is 6.33 Å². The Morgan fingerprint density at radius 2 is 1.92 bits per heavy atom. The summed E-state index contributed by atoms with van der Waals surface area (Å²) in [5.41, 5.74) is 0.0213. The third kappa shape index (κ3) is 3.75. The van der Waals surface area contributed by atoms with Gasteiger partial charge in [0.2, 0.25) is 11.6 Å². The number of nitro groups is 1. The number of hydrogen-bond donors (Lipinski definition) is 1. The molecule has 2 aliphatic rings. The Hall–Kier alpha value is -1.96. The van der Waals surface area contributed by atoms with E-state index in [0.717, 1.165) is 45.6 Å². The normalized spacial score (nSPS) is 20.1. The van der Waals surface area contributed by atoms with E-state index in [4.69, 9.17) is 0 Å². The minimum absolute atomic E-state index is 0.0213. The molecular weight excluding hydrogens is 308 g/mol. The maximum Gasteiger partial charge on any atom is 0.353 e. The summed E-state index contributed by atoms with van der Waals surface area (Å²) >= 11 is 0. The van der Waals surface area contributed by atoms with E-state index in [2.05, 4.69) is 27.1 Å². The molecule has 0 unspecified atom stereocenters. The maximum absolute atomic E-state index is 11.7. The van der Waals surface area contributed by atoms with Crippen molar-refractivity contribution in [2.75, 3.05) is 42.9 Å². The molecule has 8 nitrogen and oxygen atoms in total. The SMILES string of the molecule is CCN1CCN(c2ncnc(NC3CCCCC3)c2[N+](=O)[O-])CC1. The number of anilines is 2. The molecule has 0 atom stereocenters. The first kappa shape index (κ1) is 16.9. The third-order valence-electron chi connectivity index (χ3n) is 5.05. The lowest BCUT2D eigenvalue weighted by molar-refractivity contribution is -0.383. The summed E-state index contributed by atoms with van der Waals surface area (Å²) in [5.74, 6) is 0.818. The molecule has 1 aliphatic carbocycles. The molecule has 132 valence electrons. The first-order valence-corrected chi connectivity index (χ1v) is 8.92. The molecule has 8 heteroatoms. The minimum Gasteiger partial charge on any atom is -0.361 e. The Morgan fingerprint density at radius 1 is 1.21 bits per heavy atom. The Labute approximate surface area is 142 Å². The molecule has 24 heavy (non-hydrogen) atoms. The molecule has 1 saturated carbocycles. The topological polar surface area (TPSA) is 87.4 Å². The minimum atomic E-state index is -0.341. The lowest BCUT2D eigenvalue weighted by Gasteiger charge is -2.34. The van der Waals surface area contributed by atoms with Crippen LogP contribution in [0.15, 0.2) is 6.33 Å². The summed E-state index contributed by atoms with van der Waals surface area (Å²) in [6, 6.07) is 0.275. The maximum atomic E-state index is 11.7. The number of rotatable bonds is 5. The van der Waals surface area contributed by atoms with E-state index in [1.165, 1.54) is 25.6 Å². The highest BCUT2D eigenvalue weighted by atomic mass is 16.6. The van der Waals surface area contributed by atoms with Crippen LogP contribution in [0.3, 0.4) is 0 Å². The van der Waals surface area contributed by atoms with E-state index in [-0.39, 0.29) is 16.7 Å². The Kier molecular flexibility index (Phi) is 5.44. The van der Waals surface area contributed by atoms with Crippen LogP contribution < -0.4 is 10.2 Å². The first-order valence-electron chi connectivity index (χ1n) is 8.92. The standard InChI is InChI=1S/C16H26N6O2/c1-2-20-8-10-21(11-9-20)16-14(22(23)24)15(17-12-18-16)19-13-6-4-3-5-7-13/h12-13H,2-11H2,1H3,(H,17,18,19). The average molecular weight is 334 g/mol. The molecule has 1 N–H and O–H groups in total. The van der Waals surface area contributed by atoms with E-state index < -0.39 is 0 Å². The summed E-state index contributed by atoms with van der Waals surface area (Å²) in [6.45, 7) is 6.47. The molecule has 1 saturated heterocycles. The van der Waals surface area contributed by atoms with Crippen molar-refractivity contribution in [3.63, 3.8) is 0 Å². The predicted molar refractivity (Wildman–Crippen MR) is 93.5 cm³/mol. The van der Waals surface area contributed by atoms with E-state index in [1.807, 2.05) is 4.90 Å². The van der Waals surface area contributed by atoms with Gasteiger partial charge in [0, 0.05) is 32.2 Å². The fraction of sp³-hybridized carbons (Fsp3) is 0.750. The van der Waals surface area contributed by atoms with Crippen molar-refractivity contribution in [2.45, 2.75) is 45.1 Å². The van der Waals surface area contributed by atoms with E-state index >= 15 is 0 Å². The van der Waals surface area contributed by atoms with Gasteiger partial charge in [-0.1, -0.05) is 26.2 Å². The molecule has 1 aromatic rings. The van der Waals surface area contributed by atoms with Crippen LogP contribution in [-0.4, -0.2) is 58.6 Å². The zero-order valence-electron chi connectivity index (χ0n) is 14.3. The van der Waals surface area contributed by atoms with Gasteiger partial charge < -0.3 is 15.1 Å². The molecule has 0 aromatic carbocycles. The number of hydrogen-bond acceptors (Lipinski definition) is 7. The van der Waals surface area contributed by atoms with Crippen LogP contribution in [0.25, 0.3) is 0 Å². The third-order valence-corrected chi connectivity index (χ3v) is 5.05. The quantitative estimate of drug-likeness (QED) is 0.653. The van der Waals surface area contributed by atoms with Crippen molar-refractivity contribution in [1.29, 1.82) is 0 Å². The first-order chi connectivity index (χ1) is 11.7. The van der Waals surface area contributed by atoms with Gasteiger partial charge >= 0.3 is 5.69 Å². The highest BCUT2D eigenvalue weighted by Crippen LogP contribution is 2.34. The van der Waals surface area contributed by atoms with Gasteiger partial charge in [0.05, 0.1) is 4.92 Å². The number of likely N-dealkylation sites (N-methyl/N-ethyl adjacent to an activating group) is 1. The fourth-order valence-electron chi connectivity index (χ4n) is 3.59. The monoisotopic (exact) mass is 334 g/mol. The van der Waals surface area contributed by atoms with E-state index in [9.17, 15) is 10.1 Å². The molecule has 0 spiro atoms. The predicted octanol–water partition coefficient (Wildman–Crippen LogP) is 2.27. The molecule has 2 heterocycles. The molecule has 0 amide bonds. The van der Waals surface area contributed by atoms with Crippen LogP contribution in [-0.2, 0) is 0 Å². The fourth-order valence-corrected chi connectivity index (χ4v) is 3.59. The Bertz CT molecular complexity index is 568. The number of aromatic nitrogens is 2. The summed E-state index contributed by atoms with van der Waals surface area (Å²) in [4.78, 5) is 24.1. The van der Waals surface area contributed by atoms with Crippen molar-refractivity contribution in [2.24, 2.45) is 0 Å². The molecule has 0 bridgehead atoms. The van der Waals surface area contributed by atoms with Crippen molar-refractivity contribution < 1.29 is 4.92 Å². The lowest BCUT2D eigenvalue weighted by atomic mass is 9.95. The van der Waals surface area contributed by atoms with Crippen molar-refractivity contribution >= 4 is 17.3 Å². The van der Waals surface area contributed by atoms with Crippen LogP contribution in [0, 0.1) is 10.1 Å². The highest BCUT2D eigenvalue weighted by Gasteiger charge is 2.30. The van der Waals surface area contributed by atoms with E-state index in [1.54, 1.807) is 0 Å². The van der Waals surface area contributed by atoms with Crippen molar-refractivity contribution in [3.05, 3.63) is 16.4 Å². The van der Waals surface area contributed by atoms with Gasteiger partial charge in [0.25, 0.3) is 0 Å². The molecule has 1 aliphatic heterocycles. The molecule has 3 rings (SSSR count). The van der Waals surface area contributed by atoms with Crippen LogP contribution >= 0.6 is 0 Å². The second kappa shape index (κ2) is 7.74. The number of piperazine rings is 1. The van der Waals surface area contributed by atoms with Crippen LogP contribution in [0.5, 0.6) is 0 Å². The van der Waals surface area contributed by atoms with Crippen molar-refractivity contribution in [1.82, 2.24) is 14.9 Å². The molecule has 1 aromatic heterocycles. The average Bonchev–Trinajstić information content (AvgIpc) is 2.62. The van der Waals surface area contributed by atoms with Gasteiger partial charge in [-0.25, -0.2) is 9.97 Å². The largest absolute Gasteiger partial charge is 0.361 e. The highest BCUT2D eigenvalue weighted by molar-refractivity contribution is 5.70. The zero-order chi connectivity index (χ0) is 16.9. The second-order valence-corrected chi connectivity index (χ2v) is 6.55. The second-order valence-electron chi connectivity index (χ2n) is 6.55.